The molecule has 0 amide bonds. The molecule has 0 spiro atoms. The first kappa shape index (κ1) is 23.3. The third-order valence-electron chi connectivity index (χ3n) is 6.71. The number of aromatic nitrogens is 3. The number of hydrogen-bond donors (Lipinski definition) is 1. The number of nitriles is 1. The molecule has 1 aromatic carbocycles. The van der Waals surface area contributed by atoms with Crippen molar-refractivity contribution in [3.63, 3.8) is 0 Å². The molecule has 35 heavy (non-hydrogen) atoms. The molecule has 2 atom stereocenters. The average Bonchev–Trinajstić information content (AvgIpc) is 3.35. The largest absolute Gasteiger partial charge is 0.471 e. The number of nitrogens with zero attached hydrogens (tertiary/aromatic N) is 5. The van der Waals surface area contributed by atoms with Crippen LogP contribution in [0.1, 0.15) is 56.7 Å². The lowest BCUT2D eigenvalue weighted by Crippen LogP contribution is -2.50. The predicted molar refractivity (Wildman–Crippen MR) is 131 cm³/mol. The zero-order chi connectivity index (χ0) is 24.9. The van der Waals surface area contributed by atoms with E-state index in [9.17, 15) is 4.79 Å². The van der Waals surface area contributed by atoms with E-state index in [1.54, 1.807) is 16.9 Å². The number of carbonyl (C=O) groups is 1. The molecule has 5 rings (SSSR count). The number of fused-ring (bicyclic) bond motifs is 1. The molecule has 10 heteroatoms. The first-order valence-corrected chi connectivity index (χ1v) is 11.5. The molecule has 0 aliphatic carbocycles. The summed E-state index contributed by atoms with van der Waals surface area (Å²) in [5.41, 5.74) is 5.39. The lowest BCUT2D eigenvalue weighted by Gasteiger charge is -2.38. The number of aryl methyl sites for hydroxylation is 1. The highest BCUT2D eigenvalue weighted by molar-refractivity contribution is 6.41. The smallest absolute Gasteiger partial charge is 0.337 e. The van der Waals surface area contributed by atoms with Gasteiger partial charge in [0.25, 0.3) is 0 Å². The van der Waals surface area contributed by atoms with Crippen LogP contribution in [0.15, 0.2) is 36.8 Å². The topological polar surface area (TPSA) is 96.1 Å². The second-order valence-electron chi connectivity index (χ2n) is 9.46. The molecule has 1 N–H and O–H groups in total. The Balaban J connectivity index is 1.36. The highest BCUT2D eigenvalue weighted by atomic mass is 16.6. The molecule has 8 nitrogen and oxygen atoms in total. The molecule has 2 aliphatic heterocycles. The molecule has 2 aromatic heterocycles. The Hall–Kier alpha value is -3.41. The highest BCUT2D eigenvalue weighted by Crippen LogP contribution is 2.37. The van der Waals surface area contributed by atoms with Gasteiger partial charge in [0.1, 0.15) is 21.8 Å². The second kappa shape index (κ2) is 8.67. The minimum atomic E-state index is -1.61. The van der Waals surface area contributed by atoms with Crippen LogP contribution in [0, 0.1) is 25.2 Å². The summed E-state index contributed by atoms with van der Waals surface area (Å²) < 4.78 is 6.91. The van der Waals surface area contributed by atoms with Crippen LogP contribution in [0.4, 0.5) is 0 Å². The summed E-state index contributed by atoms with van der Waals surface area (Å²) in [6.07, 6.45) is 5.39. The summed E-state index contributed by atoms with van der Waals surface area (Å²) in [6, 6.07) is 7.99. The highest BCUT2D eigenvalue weighted by Gasteiger charge is 2.39. The van der Waals surface area contributed by atoms with Crippen LogP contribution in [0.25, 0.3) is 5.82 Å². The predicted octanol–water partition coefficient (Wildman–Crippen LogP) is 1.91. The van der Waals surface area contributed by atoms with Gasteiger partial charge in [0.05, 0.1) is 22.7 Å². The lowest BCUT2D eigenvalue weighted by molar-refractivity contribution is 0.0444. The van der Waals surface area contributed by atoms with Crippen LogP contribution >= 0.6 is 0 Å². The normalized spacial score (nSPS) is 21.4. The van der Waals surface area contributed by atoms with Gasteiger partial charge in [-0.25, -0.2) is 14.5 Å². The number of nitrogens with one attached hydrogen (secondary N) is 1. The standard InChI is InChI=1S/C25H24B2N6O2/c1-14-6-22(29-9-18(14)7-28)33-12-17(8-30-33)11-32-10-15(2)31-21(13-32)19-4-5-20-23(16(19)3)25(26,27)35-24(20)34/h4-6,8-9,12,15,21,31H,10-11,13H2,1-3H3/t15-,21-/m0/s1. The van der Waals surface area contributed by atoms with E-state index >= 15 is 0 Å². The maximum atomic E-state index is 12.2. The summed E-state index contributed by atoms with van der Waals surface area (Å²) in [5, 5.41) is 15.7. The van der Waals surface area contributed by atoms with E-state index in [-0.39, 0.29) is 12.1 Å². The minimum absolute atomic E-state index is 0.0356. The second-order valence-corrected chi connectivity index (χ2v) is 9.46. The number of cyclic esters (lactones) is 1. The number of hydrogen-bond acceptors (Lipinski definition) is 7. The molecular formula is C25H24B2N6O2. The van der Waals surface area contributed by atoms with E-state index in [4.69, 9.17) is 25.7 Å². The Morgan fingerprint density at radius 1 is 1.29 bits per heavy atom. The van der Waals surface area contributed by atoms with Crippen molar-refractivity contribution >= 4 is 21.7 Å². The SMILES string of the molecule is [B]C1([B])OC(=O)c2ccc([C@@H]3CN(Cc4cnn(-c5cc(C)c(C#N)cn5)c4)C[C@H](C)N3)c(C)c21. The number of rotatable bonds is 4. The molecule has 4 radical (unpaired) electrons. The minimum Gasteiger partial charge on any atom is -0.471 e. The van der Waals surface area contributed by atoms with Gasteiger partial charge in [0.2, 0.25) is 0 Å². The lowest BCUT2D eigenvalue weighted by atomic mass is 9.60. The first-order valence-electron chi connectivity index (χ1n) is 11.5. The van der Waals surface area contributed by atoms with E-state index in [1.165, 1.54) is 0 Å². The Morgan fingerprint density at radius 2 is 2.09 bits per heavy atom. The Bertz CT molecular complexity index is 1360. The fourth-order valence-corrected chi connectivity index (χ4v) is 5.13. The van der Waals surface area contributed by atoms with Crippen LogP contribution < -0.4 is 5.32 Å². The molecule has 4 heterocycles. The van der Waals surface area contributed by atoms with Crippen LogP contribution in [0.5, 0.6) is 0 Å². The summed E-state index contributed by atoms with van der Waals surface area (Å²) >= 11 is 0. The van der Waals surface area contributed by atoms with Crippen molar-refractivity contribution in [1.82, 2.24) is 25.0 Å². The maximum absolute atomic E-state index is 12.2. The fraction of sp³-hybridized carbons (Fsp3) is 0.360. The third-order valence-corrected chi connectivity index (χ3v) is 6.71. The zero-order valence-electron chi connectivity index (χ0n) is 19.9. The first-order chi connectivity index (χ1) is 16.7. The molecule has 0 unspecified atom stereocenters. The van der Waals surface area contributed by atoms with Crippen LogP contribution in [-0.2, 0) is 16.7 Å². The average molecular weight is 462 g/mol. The quantitative estimate of drug-likeness (QED) is 0.468. The number of ether oxygens (including phenoxy) is 1. The van der Waals surface area contributed by atoms with E-state index in [0.29, 0.717) is 22.5 Å². The number of piperazine rings is 1. The Kier molecular flexibility index (Phi) is 5.78. The van der Waals surface area contributed by atoms with Crippen molar-refractivity contribution in [3.05, 3.63) is 75.7 Å². The van der Waals surface area contributed by atoms with E-state index < -0.39 is 11.4 Å². The molecule has 0 bridgehead atoms. The zero-order valence-corrected chi connectivity index (χ0v) is 19.9. The van der Waals surface area contributed by atoms with Crippen molar-refractivity contribution < 1.29 is 9.53 Å². The molecule has 3 aromatic rings. The van der Waals surface area contributed by atoms with Crippen molar-refractivity contribution in [3.8, 4) is 11.9 Å². The van der Waals surface area contributed by atoms with E-state index in [1.807, 2.05) is 38.4 Å². The fourth-order valence-electron chi connectivity index (χ4n) is 5.13. The maximum Gasteiger partial charge on any atom is 0.337 e. The Labute approximate surface area is 207 Å². The number of esters is 1. The Morgan fingerprint density at radius 3 is 2.83 bits per heavy atom. The molecule has 172 valence electrons. The molecule has 2 aliphatic rings. The molecule has 1 saturated heterocycles. The summed E-state index contributed by atoms with van der Waals surface area (Å²) in [7, 11) is 12.2. The summed E-state index contributed by atoms with van der Waals surface area (Å²) in [6.45, 7) is 8.34. The van der Waals surface area contributed by atoms with Crippen molar-refractivity contribution in [2.45, 2.75) is 44.8 Å². The van der Waals surface area contributed by atoms with Gasteiger partial charge in [-0.15, -0.1) is 0 Å². The van der Waals surface area contributed by atoms with Crippen molar-refractivity contribution in [2.24, 2.45) is 0 Å². The monoisotopic (exact) mass is 462 g/mol. The van der Waals surface area contributed by atoms with Crippen LogP contribution in [-0.4, -0.2) is 60.5 Å². The van der Waals surface area contributed by atoms with Crippen LogP contribution in [0.2, 0.25) is 0 Å². The van der Waals surface area contributed by atoms with Crippen molar-refractivity contribution in [2.75, 3.05) is 13.1 Å². The van der Waals surface area contributed by atoms with Gasteiger partial charge in [-0.1, -0.05) is 6.07 Å². The van der Waals surface area contributed by atoms with E-state index in [2.05, 4.69) is 33.3 Å². The molecule has 1 fully saturated rings. The van der Waals surface area contributed by atoms with Crippen LogP contribution in [0.3, 0.4) is 0 Å². The van der Waals surface area contributed by atoms with Gasteiger partial charge in [-0.2, -0.15) is 10.4 Å². The number of benzene rings is 1. The molecular weight excluding hydrogens is 438 g/mol. The van der Waals surface area contributed by atoms with Gasteiger partial charge in [0, 0.05) is 49.7 Å². The van der Waals surface area contributed by atoms with Gasteiger partial charge in [-0.05, 0) is 55.2 Å². The summed E-state index contributed by atoms with van der Waals surface area (Å²) in [4.78, 5) is 18.9. The van der Waals surface area contributed by atoms with E-state index in [0.717, 1.165) is 41.9 Å². The third kappa shape index (κ3) is 4.26. The molecule has 0 saturated carbocycles. The number of carbonyl (C=O) groups excluding carboxylic acids is 1. The summed E-state index contributed by atoms with van der Waals surface area (Å²) in [5.74, 6) is 0.187. The van der Waals surface area contributed by atoms with Gasteiger partial charge >= 0.3 is 5.97 Å². The van der Waals surface area contributed by atoms with Gasteiger partial charge in [0.15, 0.2) is 5.82 Å². The van der Waals surface area contributed by atoms with Crippen molar-refractivity contribution in [1.29, 1.82) is 5.26 Å². The van der Waals surface area contributed by atoms with Gasteiger partial charge in [-0.3, -0.25) is 4.90 Å². The number of pyridine rings is 1. The van der Waals surface area contributed by atoms with Gasteiger partial charge < -0.3 is 10.1 Å².